The van der Waals surface area contributed by atoms with Gasteiger partial charge in [-0.3, -0.25) is 4.79 Å². The molecular formula is C21H25NOS. The zero-order valence-corrected chi connectivity index (χ0v) is 15.0. The smallest absolute Gasteiger partial charge is 0.238 e. The van der Waals surface area contributed by atoms with Crippen LogP contribution in [0.15, 0.2) is 65.6 Å². The Balaban J connectivity index is 1.77. The second kappa shape index (κ2) is 8.39. The number of thioether (sulfide) groups is 1. The van der Waals surface area contributed by atoms with Crippen molar-refractivity contribution in [2.75, 3.05) is 0 Å². The van der Waals surface area contributed by atoms with Crippen molar-refractivity contribution in [1.82, 2.24) is 5.32 Å². The van der Waals surface area contributed by atoms with E-state index in [1.165, 1.54) is 19.3 Å². The van der Waals surface area contributed by atoms with Gasteiger partial charge in [-0.05, 0) is 36.5 Å². The molecule has 1 aliphatic carbocycles. The lowest BCUT2D eigenvalue weighted by atomic mass is 9.86. The van der Waals surface area contributed by atoms with Crippen molar-refractivity contribution in [2.45, 2.75) is 48.8 Å². The largest absolute Gasteiger partial charge is 0.352 e. The predicted octanol–water partition coefficient (Wildman–Crippen LogP) is 5.21. The van der Waals surface area contributed by atoms with Gasteiger partial charge in [-0.25, -0.2) is 0 Å². The molecule has 0 bridgehead atoms. The molecule has 2 aromatic carbocycles. The van der Waals surface area contributed by atoms with E-state index in [9.17, 15) is 4.79 Å². The lowest BCUT2D eigenvalue weighted by molar-refractivity contribution is -0.121. The van der Waals surface area contributed by atoms with Gasteiger partial charge in [0, 0.05) is 10.9 Å². The zero-order chi connectivity index (χ0) is 16.8. The summed E-state index contributed by atoms with van der Waals surface area (Å²) < 4.78 is 0. The SMILES string of the molecule is CC1CCCCC1NC(=O)C(Sc1ccccc1)c1ccccc1. The minimum atomic E-state index is -0.206. The first-order chi connectivity index (χ1) is 11.7. The summed E-state index contributed by atoms with van der Waals surface area (Å²) in [4.78, 5) is 14.2. The quantitative estimate of drug-likeness (QED) is 0.757. The summed E-state index contributed by atoms with van der Waals surface area (Å²) in [5.74, 6) is 0.703. The van der Waals surface area contributed by atoms with Gasteiger partial charge < -0.3 is 5.32 Å². The molecule has 3 unspecified atom stereocenters. The summed E-state index contributed by atoms with van der Waals surface area (Å²) in [6, 6.07) is 20.6. The fourth-order valence-corrected chi connectivity index (χ4v) is 4.38. The van der Waals surface area contributed by atoms with Crippen LogP contribution in [0.1, 0.15) is 43.4 Å². The van der Waals surface area contributed by atoms with Crippen molar-refractivity contribution in [2.24, 2.45) is 5.92 Å². The number of nitrogens with one attached hydrogen (secondary N) is 1. The molecule has 24 heavy (non-hydrogen) atoms. The summed E-state index contributed by atoms with van der Waals surface area (Å²) in [5, 5.41) is 3.12. The van der Waals surface area contributed by atoms with Crippen LogP contribution in [0.3, 0.4) is 0 Å². The Hall–Kier alpha value is -1.74. The Morgan fingerprint density at radius 2 is 1.62 bits per heavy atom. The van der Waals surface area contributed by atoms with E-state index in [1.807, 2.05) is 48.5 Å². The lowest BCUT2D eigenvalue weighted by Crippen LogP contribution is -2.42. The second-order valence-electron chi connectivity index (χ2n) is 6.60. The van der Waals surface area contributed by atoms with E-state index in [-0.39, 0.29) is 11.2 Å². The summed E-state index contributed by atoms with van der Waals surface area (Å²) in [6.45, 7) is 2.26. The Morgan fingerprint density at radius 1 is 1.00 bits per heavy atom. The molecule has 3 heteroatoms. The van der Waals surface area contributed by atoms with Gasteiger partial charge in [-0.1, -0.05) is 68.3 Å². The molecule has 1 fully saturated rings. The van der Waals surface area contributed by atoms with Crippen molar-refractivity contribution in [3.8, 4) is 0 Å². The number of carbonyl (C=O) groups excluding carboxylic acids is 1. The minimum Gasteiger partial charge on any atom is -0.352 e. The highest BCUT2D eigenvalue weighted by Crippen LogP contribution is 2.36. The van der Waals surface area contributed by atoms with Gasteiger partial charge in [0.2, 0.25) is 5.91 Å². The van der Waals surface area contributed by atoms with Crippen molar-refractivity contribution < 1.29 is 4.79 Å². The first kappa shape index (κ1) is 17.1. The molecule has 0 aromatic heterocycles. The van der Waals surface area contributed by atoms with Gasteiger partial charge in [0.1, 0.15) is 5.25 Å². The van der Waals surface area contributed by atoms with E-state index in [2.05, 4.69) is 24.4 Å². The highest BCUT2D eigenvalue weighted by atomic mass is 32.2. The summed E-state index contributed by atoms with van der Waals surface area (Å²) >= 11 is 1.63. The molecule has 1 saturated carbocycles. The number of amides is 1. The van der Waals surface area contributed by atoms with Crippen LogP contribution in [0.25, 0.3) is 0 Å². The summed E-state index contributed by atoms with van der Waals surface area (Å²) in [6.07, 6.45) is 4.82. The fraction of sp³-hybridized carbons (Fsp3) is 0.381. The Bertz CT molecular complexity index is 643. The molecule has 126 valence electrons. The molecule has 0 spiro atoms. The maximum Gasteiger partial charge on any atom is 0.238 e. The minimum absolute atomic E-state index is 0.133. The van der Waals surface area contributed by atoms with E-state index in [0.717, 1.165) is 16.9 Å². The van der Waals surface area contributed by atoms with Crippen LogP contribution in [-0.4, -0.2) is 11.9 Å². The molecule has 1 aliphatic rings. The van der Waals surface area contributed by atoms with Crippen molar-refractivity contribution in [3.05, 3.63) is 66.2 Å². The van der Waals surface area contributed by atoms with Crippen LogP contribution < -0.4 is 5.32 Å². The Labute approximate surface area is 149 Å². The van der Waals surface area contributed by atoms with Crippen molar-refractivity contribution in [3.63, 3.8) is 0 Å². The topological polar surface area (TPSA) is 29.1 Å². The summed E-state index contributed by atoms with van der Waals surface area (Å²) in [7, 11) is 0. The van der Waals surface area contributed by atoms with E-state index in [1.54, 1.807) is 11.8 Å². The number of hydrogen-bond donors (Lipinski definition) is 1. The van der Waals surface area contributed by atoms with Crippen LogP contribution in [0.4, 0.5) is 0 Å². The third-order valence-electron chi connectivity index (χ3n) is 4.78. The Morgan fingerprint density at radius 3 is 2.29 bits per heavy atom. The number of rotatable bonds is 5. The second-order valence-corrected chi connectivity index (χ2v) is 7.78. The van der Waals surface area contributed by atoms with Crippen LogP contribution in [0.2, 0.25) is 0 Å². The van der Waals surface area contributed by atoms with Gasteiger partial charge in [0.15, 0.2) is 0 Å². The molecule has 3 rings (SSSR count). The van der Waals surface area contributed by atoms with Crippen LogP contribution in [-0.2, 0) is 4.79 Å². The number of carbonyl (C=O) groups is 1. The van der Waals surface area contributed by atoms with Gasteiger partial charge in [0.25, 0.3) is 0 Å². The normalized spacial score (nSPS) is 21.9. The van der Waals surface area contributed by atoms with E-state index in [4.69, 9.17) is 0 Å². The number of benzene rings is 2. The first-order valence-electron chi connectivity index (χ1n) is 8.81. The molecule has 2 nitrogen and oxygen atoms in total. The van der Waals surface area contributed by atoms with Crippen LogP contribution in [0.5, 0.6) is 0 Å². The molecule has 2 aromatic rings. The van der Waals surface area contributed by atoms with Gasteiger partial charge in [0.05, 0.1) is 0 Å². The predicted molar refractivity (Wildman–Crippen MR) is 101 cm³/mol. The van der Waals surface area contributed by atoms with Crippen molar-refractivity contribution in [1.29, 1.82) is 0 Å². The third kappa shape index (κ3) is 4.41. The van der Waals surface area contributed by atoms with E-state index in [0.29, 0.717) is 12.0 Å². The number of hydrogen-bond acceptors (Lipinski definition) is 2. The molecular weight excluding hydrogens is 314 g/mol. The highest BCUT2D eigenvalue weighted by molar-refractivity contribution is 8.00. The molecule has 0 radical (unpaired) electrons. The van der Waals surface area contributed by atoms with E-state index < -0.39 is 0 Å². The zero-order valence-electron chi connectivity index (χ0n) is 14.2. The molecule has 1 amide bonds. The third-order valence-corrected chi connectivity index (χ3v) is 6.04. The van der Waals surface area contributed by atoms with Gasteiger partial charge in [-0.2, -0.15) is 0 Å². The molecule has 1 N–H and O–H groups in total. The Kier molecular flexibility index (Phi) is 5.97. The van der Waals surface area contributed by atoms with Crippen LogP contribution >= 0.6 is 11.8 Å². The van der Waals surface area contributed by atoms with E-state index >= 15 is 0 Å². The highest BCUT2D eigenvalue weighted by Gasteiger charge is 2.28. The molecule has 0 saturated heterocycles. The standard InChI is InChI=1S/C21H25NOS/c1-16-10-8-9-15-19(16)22-21(23)20(17-11-4-2-5-12-17)24-18-13-6-3-7-14-18/h2-7,11-14,16,19-20H,8-10,15H2,1H3,(H,22,23). The average Bonchev–Trinajstić information content (AvgIpc) is 2.63. The fourth-order valence-electron chi connectivity index (χ4n) is 3.33. The lowest BCUT2D eigenvalue weighted by Gasteiger charge is -2.31. The van der Waals surface area contributed by atoms with Crippen molar-refractivity contribution >= 4 is 17.7 Å². The van der Waals surface area contributed by atoms with Gasteiger partial charge >= 0.3 is 0 Å². The van der Waals surface area contributed by atoms with Gasteiger partial charge in [-0.15, -0.1) is 11.8 Å². The maximum absolute atomic E-state index is 13.0. The molecule has 3 atom stereocenters. The average molecular weight is 340 g/mol. The first-order valence-corrected chi connectivity index (χ1v) is 9.69. The maximum atomic E-state index is 13.0. The molecule has 0 aliphatic heterocycles. The van der Waals surface area contributed by atoms with Crippen LogP contribution in [0, 0.1) is 5.92 Å². The summed E-state index contributed by atoms with van der Waals surface area (Å²) in [5.41, 5.74) is 1.06. The monoisotopic (exact) mass is 339 g/mol. The molecule has 0 heterocycles.